The van der Waals surface area contributed by atoms with Crippen molar-refractivity contribution in [1.82, 2.24) is 4.98 Å². The maximum Gasteiger partial charge on any atom is 0.0267 e. The number of aromatic nitrogens is 1. The Morgan fingerprint density at radius 3 is 1.50 bits per heavy atom. The third kappa shape index (κ3) is 4.67. The quantitative estimate of drug-likeness (QED) is 0.617. The second kappa shape index (κ2) is 7.51. The summed E-state index contributed by atoms with van der Waals surface area (Å²) in [5.41, 5.74) is 0. The molecule has 0 aliphatic rings. The van der Waals surface area contributed by atoms with Gasteiger partial charge in [0.05, 0.1) is 0 Å². The molecule has 0 atom stereocenters. The SMILES string of the molecule is [Au].[Ru].c1ccncc1. The van der Waals surface area contributed by atoms with Gasteiger partial charge in [0.1, 0.15) is 0 Å². The first-order valence-electron chi connectivity index (χ1n) is 1.85. The van der Waals surface area contributed by atoms with Gasteiger partial charge >= 0.3 is 0 Å². The van der Waals surface area contributed by atoms with Crippen LogP contribution in [0.15, 0.2) is 30.6 Å². The minimum Gasteiger partial charge on any atom is -0.265 e. The standard InChI is InChI=1S/C5H5N.Au.Ru/c1-2-4-6-5-3-1;;/h1-5H;;. The van der Waals surface area contributed by atoms with E-state index < -0.39 is 0 Å². The van der Waals surface area contributed by atoms with E-state index in [-0.39, 0.29) is 41.9 Å². The maximum absolute atomic E-state index is 3.78. The van der Waals surface area contributed by atoms with Crippen LogP contribution in [0.4, 0.5) is 0 Å². The Kier molecular flexibility index (Phi) is 10.6. The summed E-state index contributed by atoms with van der Waals surface area (Å²) in [5.74, 6) is 0. The molecule has 1 heterocycles. The van der Waals surface area contributed by atoms with Gasteiger partial charge in [-0.1, -0.05) is 6.07 Å². The molecule has 8 heavy (non-hydrogen) atoms. The fourth-order valence-corrected chi connectivity index (χ4v) is 0.313. The predicted octanol–water partition coefficient (Wildman–Crippen LogP) is 1.08. The number of hydrogen-bond acceptors (Lipinski definition) is 1. The summed E-state index contributed by atoms with van der Waals surface area (Å²) in [7, 11) is 0. The Hall–Kier alpha value is 0.514. The summed E-state index contributed by atoms with van der Waals surface area (Å²) in [5, 5.41) is 0. The van der Waals surface area contributed by atoms with Crippen LogP contribution in [0.5, 0.6) is 0 Å². The molecule has 0 unspecified atom stereocenters. The molecule has 0 saturated carbocycles. The van der Waals surface area contributed by atoms with Crippen molar-refractivity contribution >= 4 is 0 Å². The Morgan fingerprint density at radius 1 is 0.875 bits per heavy atom. The Balaban J connectivity index is 0. The molecule has 49 valence electrons. The van der Waals surface area contributed by atoms with Gasteiger partial charge in [-0.05, 0) is 12.1 Å². The molecule has 0 bridgehead atoms. The van der Waals surface area contributed by atoms with E-state index in [2.05, 4.69) is 4.98 Å². The maximum atomic E-state index is 3.78. The van der Waals surface area contributed by atoms with E-state index in [0.717, 1.165) is 0 Å². The number of rotatable bonds is 0. The summed E-state index contributed by atoms with van der Waals surface area (Å²) in [6.07, 6.45) is 3.50. The molecule has 1 radical (unpaired) electrons. The minimum atomic E-state index is 0. The molecule has 0 spiro atoms. The fourth-order valence-electron chi connectivity index (χ4n) is 0.313. The van der Waals surface area contributed by atoms with Gasteiger partial charge in [0.2, 0.25) is 0 Å². The van der Waals surface area contributed by atoms with Crippen molar-refractivity contribution in [3.8, 4) is 0 Å². The van der Waals surface area contributed by atoms with Crippen molar-refractivity contribution in [2.75, 3.05) is 0 Å². The van der Waals surface area contributed by atoms with Gasteiger partial charge < -0.3 is 0 Å². The first-order valence-corrected chi connectivity index (χ1v) is 1.85. The normalized spacial score (nSPS) is 6.00. The van der Waals surface area contributed by atoms with Crippen LogP contribution in [-0.2, 0) is 41.9 Å². The molecule has 0 aromatic carbocycles. The van der Waals surface area contributed by atoms with Crippen LogP contribution in [0.2, 0.25) is 0 Å². The summed E-state index contributed by atoms with van der Waals surface area (Å²) < 4.78 is 0. The predicted molar refractivity (Wildman–Crippen MR) is 24.2 cm³/mol. The van der Waals surface area contributed by atoms with Crippen molar-refractivity contribution in [1.29, 1.82) is 0 Å². The van der Waals surface area contributed by atoms with E-state index >= 15 is 0 Å². The largest absolute Gasteiger partial charge is 0.265 e. The Bertz CT molecular complexity index is 84.4. The van der Waals surface area contributed by atoms with Gasteiger partial charge in [0, 0.05) is 54.3 Å². The van der Waals surface area contributed by atoms with E-state index in [4.69, 9.17) is 0 Å². The molecule has 0 N–H and O–H groups in total. The van der Waals surface area contributed by atoms with Crippen LogP contribution in [0.1, 0.15) is 0 Å². The fraction of sp³-hybridized carbons (Fsp3) is 0. The first kappa shape index (κ1) is 11.3. The van der Waals surface area contributed by atoms with Crippen LogP contribution in [-0.4, -0.2) is 4.98 Å². The van der Waals surface area contributed by atoms with E-state index in [9.17, 15) is 0 Å². The average Bonchev–Trinajstić information content (AvgIpc) is 1.72. The van der Waals surface area contributed by atoms with Crippen LogP contribution in [0.25, 0.3) is 0 Å². The summed E-state index contributed by atoms with van der Waals surface area (Å²) in [4.78, 5) is 3.78. The number of pyridine rings is 1. The molecular weight excluding hydrogens is 372 g/mol. The molecule has 3 heteroatoms. The third-order valence-electron chi connectivity index (χ3n) is 0.566. The van der Waals surface area contributed by atoms with E-state index in [0.29, 0.717) is 0 Å². The molecule has 0 aliphatic carbocycles. The summed E-state index contributed by atoms with van der Waals surface area (Å²) in [6.45, 7) is 0. The van der Waals surface area contributed by atoms with Gasteiger partial charge in [-0.25, -0.2) is 0 Å². The van der Waals surface area contributed by atoms with Crippen molar-refractivity contribution in [3.63, 3.8) is 0 Å². The second-order valence-electron chi connectivity index (χ2n) is 1.02. The molecule has 0 aliphatic heterocycles. The topological polar surface area (TPSA) is 12.9 Å². The summed E-state index contributed by atoms with van der Waals surface area (Å²) in [6, 6.07) is 5.72. The zero-order chi connectivity index (χ0) is 4.24. The molecule has 1 nitrogen and oxygen atoms in total. The van der Waals surface area contributed by atoms with Gasteiger partial charge in [-0.3, -0.25) is 4.98 Å². The van der Waals surface area contributed by atoms with Gasteiger partial charge in [0.15, 0.2) is 0 Å². The van der Waals surface area contributed by atoms with Crippen molar-refractivity contribution in [2.24, 2.45) is 0 Å². The molecule has 0 fully saturated rings. The van der Waals surface area contributed by atoms with Gasteiger partial charge in [0.25, 0.3) is 0 Å². The van der Waals surface area contributed by atoms with Crippen LogP contribution in [0, 0.1) is 0 Å². The smallest absolute Gasteiger partial charge is 0.0267 e. The van der Waals surface area contributed by atoms with E-state index in [1.807, 2.05) is 18.2 Å². The number of nitrogens with zero attached hydrogens (tertiary/aromatic N) is 1. The zero-order valence-corrected chi connectivity index (χ0v) is 7.89. The second-order valence-corrected chi connectivity index (χ2v) is 1.02. The first-order chi connectivity index (χ1) is 3.00. The molecule has 1 rings (SSSR count). The van der Waals surface area contributed by atoms with Crippen LogP contribution in [0.3, 0.4) is 0 Å². The molecule has 1 aromatic rings. The Morgan fingerprint density at radius 2 is 1.38 bits per heavy atom. The van der Waals surface area contributed by atoms with E-state index in [1.54, 1.807) is 12.4 Å². The van der Waals surface area contributed by atoms with Crippen LogP contribution < -0.4 is 0 Å². The molecular formula is C5H5AuNRu. The monoisotopic (exact) mass is 378 g/mol. The van der Waals surface area contributed by atoms with Gasteiger partial charge in [-0.15, -0.1) is 0 Å². The zero-order valence-electron chi connectivity index (χ0n) is 3.99. The van der Waals surface area contributed by atoms with Crippen LogP contribution >= 0.6 is 0 Å². The van der Waals surface area contributed by atoms with Gasteiger partial charge in [-0.2, -0.15) is 0 Å². The summed E-state index contributed by atoms with van der Waals surface area (Å²) >= 11 is 0. The van der Waals surface area contributed by atoms with E-state index in [1.165, 1.54) is 0 Å². The molecule has 0 saturated heterocycles. The average molecular weight is 377 g/mol. The minimum absolute atomic E-state index is 0. The van der Waals surface area contributed by atoms with Crippen molar-refractivity contribution in [2.45, 2.75) is 0 Å². The molecule has 0 amide bonds. The molecule has 1 aromatic heterocycles. The number of hydrogen-bond donors (Lipinski definition) is 0. The van der Waals surface area contributed by atoms with Crippen molar-refractivity contribution < 1.29 is 41.9 Å². The Labute approximate surface area is 77.2 Å². The third-order valence-corrected chi connectivity index (χ3v) is 0.566. The van der Waals surface area contributed by atoms with Crippen molar-refractivity contribution in [3.05, 3.63) is 30.6 Å².